The molecule has 0 fully saturated rings. The molecule has 9 aromatic carbocycles. The smallest absolute Gasteiger partial charge is 0.0991 e. The zero-order valence-corrected chi connectivity index (χ0v) is 27.3. The average Bonchev–Trinajstić information content (AvgIpc) is 3.19. The summed E-state index contributed by atoms with van der Waals surface area (Å²) >= 11 is 0. The largest absolute Gasteiger partial charge is 0.252 e. The number of rotatable bonds is 3. The maximum Gasteiger partial charge on any atom is 0.0991 e. The third-order valence-electron chi connectivity index (χ3n) is 10.6. The molecule has 2 nitrogen and oxygen atoms in total. The van der Waals surface area contributed by atoms with Crippen molar-refractivity contribution in [3.8, 4) is 17.2 Å². The monoisotopic (exact) mass is 634 g/mol. The van der Waals surface area contributed by atoms with Crippen molar-refractivity contribution in [3.63, 3.8) is 0 Å². The highest BCUT2D eigenvalue weighted by molar-refractivity contribution is 6.22. The van der Waals surface area contributed by atoms with Gasteiger partial charge in [0.2, 0.25) is 0 Å². The first-order valence-corrected chi connectivity index (χ1v) is 17.2. The second-order valence-electron chi connectivity index (χ2n) is 13.3. The highest BCUT2D eigenvalue weighted by atomic mass is 14.8. The van der Waals surface area contributed by atoms with Crippen LogP contribution in [-0.4, -0.2) is 5.71 Å². The number of hydrogen-bond acceptors (Lipinski definition) is 2. The summed E-state index contributed by atoms with van der Waals surface area (Å²) in [7, 11) is 0. The highest BCUT2D eigenvalue weighted by Crippen LogP contribution is 2.49. The van der Waals surface area contributed by atoms with Crippen molar-refractivity contribution in [2.45, 2.75) is 12.3 Å². The summed E-state index contributed by atoms with van der Waals surface area (Å²) in [6, 6.07) is 61.1. The van der Waals surface area contributed by atoms with E-state index in [4.69, 9.17) is 4.99 Å². The summed E-state index contributed by atoms with van der Waals surface area (Å²) in [4.78, 5) is 5.62. The van der Waals surface area contributed by atoms with Gasteiger partial charge in [0.25, 0.3) is 0 Å². The molecule has 232 valence electrons. The van der Waals surface area contributed by atoms with Gasteiger partial charge in [-0.2, -0.15) is 5.26 Å². The lowest BCUT2D eigenvalue weighted by molar-refractivity contribution is 0.843. The van der Waals surface area contributed by atoms with E-state index >= 15 is 0 Å². The minimum Gasteiger partial charge on any atom is -0.252 e. The Morgan fingerprint density at radius 2 is 0.960 bits per heavy atom. The van der Waals surface area contributed by atoms with E-state index < -0.39 is 0 Å². The highest BCUT2D eigenvalue weighted by Gasteiger charge is 2.29. The average molecular weight is 635 g/mol. The Morgan fingerprint density at radius 3 is 1.60 bits per heavy atom. The second-order valence-corrected chi connectivity index (χ2v) is 13.3. The van der Waals surface area contributed by atoms with Crippen LogP contribution < -0.4 is 0 Å². The SMILES string of the molecule is N#Cc1cccc(C2CC(c3cc4ccccc4c4ccccc34)=Nc3c2cc(-c2cc4ccccc4c4ccccc24)c2ccccc32)c1. The van der Waals surface area contributed by atoms with Crippen molar-refractivity contribution in [3.05, 3.63) is 186 Å². The number of aliphatic imine (C=N–C) groups is 1. The molecule has 0 aliphatic carbocycles. The Kier molecular flexibility index (Phi) is 6.41. The molecule has 0 amide bonds. The van der Waals surface area contributed by atoms with Crippen molar-refractivity contribution in [1.82, 2.24) is 0 Å². The molecule has 1 unspecified atom stereocenters. The van der Waals surface area contributed by atoms with Crippen LogP contribution in [0.5, 0.6) is 0 Å². The van der Waals surface area contributed by atoms with E-state index in [-0.39, 0.29) is 5.92 Å². The predicted molar refractivity (Wildman–Crippen MR) is 210 cm³/mol. The maximum absolute atomic E-state index is 9.95. The first kappa shape index (κ1) is 28.5. The van der Waals surface area contributed by atoms with E-state index in [2.05, 4.69) is 158 Å². The van der Waals surface area contributed by atoms with Gasteiger partial charge in [0, 0.05) is 29.0 Å². The molecular weight excluding hydrogens is 605 g/mol. The number of nitrogens with zero attached hydrogens (tertiary/aromatic N) is 2. The van der Waals surface area contributed by atoms with Crippen molar-refractivity contribution >= 4 is 65.3 Å². The quantitative estimate of drug-likeness (QED) is 0.178. The Labute approximate surface area is 290 Å². The summed E-state index contributed by atoms with van der Waals surface area (Å²) in [5.41, 5.74) is 8.68. The van der Waals surface area contributed by atoms with Gasteiger partial charge in [-0.05, 0) is 101 Å². The first-order valence-electron chi connectivity index (χ1n) is 17.2. The van der Waals surface area contributed by atoms with Gasteiger partial charge < -0.3 is 0 Å². The van der Waals surface area contributed by atoms with Crippen LogP contribution in [0.2, 0.25) is 0 Å². The molecule has 50 heavy (non-hydrogen) atoms. The number of hydrogen-bond donors (Lipinski definition) is 0. The third-order valence-corrected chi connectivity index (χ3v) is 10.6. The fourth-order valence-electron chi connectivity index (χ4n) is 8.34. The van der Waals surface area contributed by atoms with Gasteiger partial charge in [0.05, 0.1) is 17.3 Å². The molecule has 2 heteroatoms. The van der Waals surface area contributed by atoms with Crippen molar-refractivity contribution < 1.29 is 0 Å². The molecule has 1 aliphatic rings. The molecule has 1 aliphatic heterocycles. The summed E-state index contributed by atoms with van der Waals surface area (Å²) < 4.78 is 0. The molecular formula is C48H30N2. The van der Waals surface area contributed by atoms with Crippen LogP contribution in [-0.2, 0) is 0 Å². The predicted octanol–water partition coefficient (Wildman–Crippen LogP) is 12.6. The molecule has 0 aromatic heterocycles. The zero-order chi connectivity index (χ0) is 33.2. The van der Waals surface area contributed by atoms with E-state index in [0.717, 1.165) is 28.8 Å². The summed E-state index contributed by atoms with van der Waals surface area (Å²) in [6.45, 7) is 0. The lowest BCUT2D eigenvalue weighted by atomic mass is 9.78. The van der Waals surface area contributed by atoms with E-state index in [1.807, 2.05) is 12.1 Å². The van der Waals surface area contributed by atoms with Crippen LogP contribution in [0.4, 0.5) is 5.69 Å². The summed E-state index contributed by atoms with van der Waals surface area (Å²) in [6.07, 6.45) is 0.723. The van der Waals surface area contributed by atoms with Crippen LogP contribution in [0, 0.1) is 11.3 Å². The normalized spacial score (nSPS) is 14.2. The van der Waals surface area contributed by atoms with Gasteiger partial charge in [0.1, 0.15) is 0 Å². The van der Waals surface area contributed by atoms with E-state index in [0.29, 0.717) is 5.56 Å². The van der Waals surface area contributed by atoms with Crippen LogP contribution in [0.3, 0.4) is 0 Å². The minimum atomic E-state index is 0.00566. The topological polar surface area (TPSA) is 36.1 Å². The number of fused-ring (bicyclic) bond motifs is 9. The molecule has 0 bridgehead atoms. The molecule has 9 aromatic rings. The summed E-state index contributed by atoms with van der Waals surface area (Å²) in [5, 5.41) is 22.2. The Morgan fingerprint density at radius 1 is 0.460 bits per heavy atom. The standard InChI is InChI=1S/C48H30N2/c49-29-30-12-11-15-31(24-30)42-28-47(45-26-33-14-2-4-17-35(33)37-19-6-8-21-39(37)45)50-48-41-23-10-9-22-40(41)44(27-46(42)48)43-25-32-13-1-3-16-34(32)36-18-5-7-20-38(36)43/h1-27,42H,28H2. The number of nitriles is 1. The van der Waals surface area contributed by atoms with Gasteiger partial charge in [-0.3, -0.25) is 4.99 Å². The fraction of sp³-hybridized carbons (Fsp3) is 0.0417. The Bertz CT molecular complexity index is 2920. The Hall–Kier alpha value is -6.56. The first-order chi connectivity index (χ1) is 24.7. The van der Waals surface area contributed by atoms with Gasteiger partial charge in [-0.25, -0.2) is 0 Å². The van der Waals surface area contributed by atoms with Crippen LogP contribution in [0.25, 0.3) is 65.0 Å². The van der Waals surface area contributed by atoms with Crippen LogP contribution >= 0.6 is 0 Å². The van der Waals surface area contributed by atoms with Gasteiger partial charge in [0.15, 0.2) is 0 Å². The van der Waals surface area contributed by atoms with Gasteiger partial charge in [-0.1, -0.05) is 133 Å². The fourth-order valence-corrected chi connectivity index (χ4v) is 8.34. The Balaban J connectivity index is 1.30. The van der Waals surface area contributed by atoms with Gasteiger partial charge in [-0.15, -0.1) is 0 Å². The molecule has 0 saturated heterocycles. The third kappa shape index (κ3) is 4.38. The molecule has 1 heterocycles. The van der Waals surface area contributed by atoms with Crippen molar-refractivity contribution in [1.29, 1.82) is 5.26 Å². The number of benzene rings is 9. The second kappa shape index (κ2) is 11.3. The van der Waals surface area contributed by atoms with Crippen molar-refractivity contribution in [2.24, 2.45) is 4.99 Å². The van der Waals surface area contributed by atoms with E-state index in [9.17, 15) is 5.26 Å². The van der Waals surface area contributed by atoms with Crippen LogP contribution in [0.15, 0.2) is 169 Å². The lowest BCUT2D eigenvalue weighted by Gasteiger charge is -2.29. The molecule has 10 rings (SSSR count). The molecule has 0 N–H and O–H groups in total. The molecule has 0 saturated carbocycles. The maximum atomic E-state index is 9.95. The molecule has 0 spiro atoms. The van der Waals surface area contributed by atoms with Gasteiger partial charge >= 0.3 is 0 Å². The van der Waals surface area contributed by atoms with E-state index in [1.54, 1.807) is 0 Å². The summed E-state index contributed by atoms with van der Waals surface area (Å²) in [5.74, 6) is 0.00566. The molecule has 1 atom stereocenters. The lowest BCUT2D eigenvalue weighted by Crippen LogP contribution is -2.15. The minimum absolute atomic E-state index is 0.00566. The zero-order valence-electron chi connectivity index (χ0n) is 27.3. The van der Waals surface area contributed by atoms with E-state index in [1.165, 1.54) is 70.7 Å². The van der Waals surface area contributed by atoms with Crippen LogP contribution in [0.1, 0.15) is 34.6 Å². The molecule has 0 radical (unpaired) electrons. The van der Waals surface area contributed by atoms with Crippen molar-refractivity contribution in [2.75, 3.05) is 0 Å².